The van der Waals surface area contributed by atoms with Crippen molar-refractivity contribution in [1.29, 1.82) is 0 Å². The fourth-order valence-corrected chi connectivity index (χ4v) is 2.82. The van der Waals surface area contributed by atoms with Crippen molar-refractivity contribution in [3.8, 4) is 0 Å². The lowest BCUT2D eigenvalue weighted by molar-refractivity contribution is -0.266. The van der Waals surface area contributed by atoms with Gasteiger partial charge in [0.15, 0.2) is 0 Å². The minimum absolute atomic E-state index is 0.000611. The maximum atomic E-state index is 13.3. The highest BCUT2D eigenvalue weighted by atomic mass is 19.4. The Morgan fingerprint density at radius 1 is 0.963 bits per heavy atom. The zero-order valence-electron chi connectivity index (χ0n) is 13.8. The van der Waals surface area contributed by atoms with Crippen molar-refractivity contribution in [1.82, 2.24) is 0 Å². The van der Waals surface area contributed by atoms with Crippen LogP contribution in [0.2, 0.25) is 0 Å². The molecule has 6 nitrogen and oxygen atoms in total. The Kier molecular flexibility index (Phi) is 4.27. The van der Waals surface area contributed by atoms with Gasteiger partial charge in [0.1, 0.15) is 0 Å². The quantitative estimate of drug-likeness (QED) is 0.654. The molecule has 9 heteroatoms. The second-order valence-corrected chi connectivity index (χ2v) is 5.74. The molecule has 1 heterocycles. The number of benzene rings is 2. The van der Waals surface area contributed by atoms with Crippen LogP contribution in [0.25, 0.3) is 0 Å². The standard InChI is InChI=1S/C18H12F3NO5/c1-27-16(25)17(26,18(19,20)21)10-6-8-11(9-7-10)22-14(23)12-4-2-3-5-13(12)15(22)24/h2-9,26H,1H3. The van der Waals surface area contributed by atoms with E-state index in [1.807, 2.05) is 0 Å². The topological polar surface area (TPSA) is 83.9 Å². The predicted molar refractivity (Wildman–Crippen MR) is 86.0 cm³/mol. The Morgan fingerprint density at radius 3 is 1.85 bits per heavy atom. The first-order valence-electron chi connectivity index (χ1n) is 7.58. The van der Waals surface area contributed by atoms with Gasteiger partial charge in [-0.15, -0.1) is 0 Å². The van der Waals surface area contributed by atoms with Gasteiger partial charge in [0.2, 0.25) is 0 Å². The van der Waals surface area contributed by atoms with Crippen LogP contribution < -0.4 is 4.90 Å². The second-order valence-electron chi connectivity index (χ2n) is 5.74. The monoisotopic (exact) mass is 379 g/mol. The van der Waals surface area contributed by atoms with E-state index in [4.69, 9.17) is 0 Å². The number of amides is 2. The number of hydrogen-bond donors (Lipinski definition) is 1. The summed E-state index contributed by atoms with van der Waals surface area (Å²) in [5.41, 5.74) is -4.33. The predicted octanol–water partition coefficient (Wildman–Crippen LogP) is 2.41. The summed E-state index contributed by atoms with van der Waals surface area (Å²) in [6.07, 6.45) is -5.34. The van der Waals surface area contributed by atoms with Crippen LogP contribution in [0.15, 0.2) is 48.5 Å². The zero-order valence-corrected chi connectivity index (χ0v) is 13.8. The molecule has 0 bridgehead atoms. The van der Waals surface area contributed by atoms with Crippen LogP contribution in [0.1, 0.15) is 26.3 Å². The third-order valence-electron chi connectivity index (χ3n) is 4.23. The summed E-state index contributed by atoms with van der Waals surface area (Å²) < 4.78 is 43.9. The number of carbonyl (C=O) groups is 3. The lowest BCUT2D eigenvalue weighted by atomic mass is 9.93. The lowest BCUT2D eigenvalue weighted by Crippen LogP contribution is -2.49. The fraction of sp³-hybridized carbons (Fsp3) is 0.167. The first-order valence-corrected chi connectivity index (χ1v) is 7.58. The molecular weight excluding hydrogens is 367 g/mol. The number of ether oxygens (including phenoxy) is 1. The third-order valence-corrected chi connectivity index (χ3v) is 4.23. The molecule has 1 aliphatic rings. The SMILES string of the molecule is COC(=O)C(O)(c1ccc(N2C(=O)c3ccccc3C2=O)cc1)C(F)(F)F. The number of esters is 1. The summed E-state index contributed by atoms with van der Waals surface area (Å²) >= 11 is 0. The Morgan fingerprint density at radius 2 is 1.44 bits per heavy atom. The van der Waals surface area contributed by atoms with E-state index in [9.17, 15) is 32.7 Å². The highest BCUT2D eigenvalue weighted by molar-refractivity contribution is 6.34. The highest BCUT2D eigenvalue weighted by Crippen LogP contribution is 2.40. The number of methoxy groups -OCH3 is 1. The van der Waals surface area contributed by atoms with Gasteiger partial charge >= 0.3 is 12.1 Å². The summed E-state index contributed by atoms with van der Waals surface area (Å²) in [6, 6.07) is 9.78. The molecule has 0 spiro atoms. The summed E-state index contributed by atoms with van der Waals surface area (Å²) in [4.78, 5) is 37.2. The molecule has 1 N–H and O–H groups in total. The molecule has 2 aromatic carbocycles. The number of imide groups is 1. The van der Waals surface area contributed by atoms with Crippen LogP contribution in [0, 0.1) is 0 Å². The van der Waals surface area contributed by atoms with Gasteiger partial charge in [0.05, 0.1) is 23.9 Å². The van der Waals surface area contributed by atoms with E-state index in [2.05, 4.69) is 4.74 Å². The normalized spacial score (nSPS) is 16.1. The summed E-state index contributed by atoms with van der Waals surface area (Å²) in [7, 11) is 0.714. The lowest BCUT2D eigenvalue weighted by Gasteiger charge is -2.28. The molecule has 1 atom stereocenters. The number of alkyl halides is 3. The number of carbonyl (C=O) groups excluding carboxylic acids is 3. The van der Waals surface area contributed by atoms with Crippen LogP contribution in [0.4, 0.5) is 18.9 Å². The highest BCUT2D eigenvalue weighted by Gasteiger charge is 2.62. The van der Waals surface area contributed by atoms with Crippen molar-refractivity contribution in [2.75, 3.05) is 12.0 Å². The van der Waals surface area contributed by atoms with E-state index in [0.717, 1.165) is 29.2 Å². The van der Waals surface area contributed by atoms with Crippen LogP contribution in [0.3, 0.4) is 0 Å². The van der Waals surface area contributed by atoms with Crippen molar-refractivity contribution in [3.63, 3.8) is 0 Å². The van der Waals surface area contributed by atoms with Crippen molar-refractivity contribution in [2.45, 2.75) is 11.8 Å². The smallest absolute Gasteiger partial charge is 0.432 e. The average Bonchev–Trinajstić information content (AvgIpc) is 2.90. The van der Waals surface area contributed by atoms with Gasteiger partial charge in [0.25, 0.3) is 17.4 Å². The molecule has 3 rings (SSSR count). The maximum absolute atomic E-state index is 13.3. The number of fused-ring (bicyclic) bond motifs is 1. The molecule has 0 saturated heterocycles. The van der Waals surface area contributed by atoms with E-state index in [1.165, 1.54) is 12.1 Å². The van der Waals surface area contributed by atoms with Gasteiger partial charge < -0.3 is 9.84 Å². The first-order chi connectivity index (χ1) is 12.6. The van der Waals surface area contributed by atoms with Crippen molar-refractivity contribution < 1.29 is 37.4 Å². The maximum Gasteiger partial charge on any atom is 0.432 e. The second kappa shape index (κ2) is 6.20. The molecule has 0 aromatic heterocycles. The van der Waals surface area contributed by atoms with E-state index in [1.54, 1.807) is 12.1 Å². The number of rotatable bonds is 3. The van der Waals surface area contributed by atoms with Crippen molar-refractivity contribution in [2.24, 2.45) is 0 Å². The molecule has 2 amide bonds. The molecule has 0 fully saturated rings. The van der Waals surface area contributed by atoms with Gasteiger partial charge in [-0.1, -0.05) is 24.3 Å². The minimum atomic E-state index is -5.34. The zero-order chi connectivity index (χ0) is 20.0. The fourth-order valence-electron chi connectivity index (χ4n) is 2.82. The molecular formula is C18H12F3NO5. The summed E-state index contributed by atoms with van der Waals surface area (Å²) in [6.45, 7) is 0. The first kappa shape index (κ1) is 18.6. The number of anilines is 1. The Labute approximate surface area is 150 Å². The van der Waals surface area contributed by atoms with E-state index in [0.29, 0.717) is 7.11 Å². The number of halogens is 3. The van der Waals surface area contributed by atoms with Crippen LogP contribution in [-0.2, 0) is 15.1 Å². The molecule has 1 aliphatic heterocycles. The van der Waals surface area contributed by atoms with E-state index < -0.39 is 35.1 Å². The van der Waals surface area contributed by atoms with Crippen LogP contribution >= 0.6 is 0 Å². The van der Waals surface area contributed by atoms with Gasteiger partial charge in [-0.3, -0.25) is 9.59 Å². The Bertz CT molecular complexity index is 904. The van der Waals surface area contributed by atoms with Crippen LogP contribution in [-0.4, -0.2) is 36.2 Å². The van der Waals surface area contributed by atoms with Crippen molar-refractivity contribution in [3.05, 3.63) is 65.2 Å². The van der Waals surface area contributed by atoms with Gasteiger partial charge in [-0.05, 0) is 24.3 Å². The van der Waals surface area contributed by atoms with Gasteiger partial charge in [0, 0.05) is 5.56 Å². The molecule has 0 radical (unpaired) electrons. The van der Waals surface area contributed by atoms with E-state index >= 15 is 0 Å². The van der Waals surface area contributed by atoms with Gasteiger partial charge in [-0.2, -0.15) is 13.2 Å². The van der Waals surface area contributed by atoms with Crippen LogP contribution in [0.5, 0.6) is 0 Å². The minimum Gasteiger partial charge on any atom is -0.466 e. The van der Waals surface area contributed by atoms with Crippen molar-refractivity contribution >= 4 is 23.5 Å². The van der Waals surface area contributed by atoms with E-state index in [-0.39, 0.29) is 16.8 Å². The number of nitrogens with zero attached hydrogens (tertiary/aromatic N) is 1. The number of hydrogen-bond acceptors (Lipinski definition) is 5. The summed E-state index contributed by atoms with van der Waals surface area (Å²) in [5, 5.41) is 9.94. The average molecular weight is 379 g/mol. The molecule has 0 aliphatic carbocycles. The molecule has 0 saturated carbocycles. The molecule has 27 heavy (non-hydrogen) atoms. The third kappa shape index (κ3) is 2.67. The number of aliphatic hydroxyl groups is 1. The summed E-state index contributed by atoms with van der Waals surface area (Å²) in [5.74, 6) is -3.15. The Balaban J connectivity index is 2.01. The molecule has 140 valence electrons. The Hall–Kier alpha value is -3.20. The molecule has 2 aromatic rings. The van der Waals surface area contributed by atoms with Gasteiger partial charge in [-0.25, -0.2) is 9.69 Å². The largest absolute Gasteiger partial charge is 0.466 e. The molecule has 1 unspecified atom stereocenters.